The van der Waals surface area contributed by atoms with Gasteiger partial charge in [-0.2, -0.15) is 21.0 Å². The highest BCUT2D eigenvalue weighted by Gasteiger charge is 2.18. The van der Waals surface area contributed by atoms with E-state index in [-0.39, 0.29) is 15.2 Å². The Balaban J connectivity index is 3.54. The number of anilines is 1. The van der Waals surface area contributed by atoms with Gasteiger partial charge >= 0.3 is 0 Å². The van der Waals surface area contributed by atoms with Gasteiger partial charge in [0.25, 0.3) is 0 Å². The van der Waals surface area contributed by atoms with E-state index in [0.717, 1.165) is 0 Å². The Labute approximate surface area is 126 Å². The monoisotopic (exact) mass is 349 g/mol. The van der Waals surface area contributed by atoms with Crippen molar-refractivity contribution in [1.29, 1.82) is 21.0 Å². The standard InChI is InChI=1S/C12H2BrClFN5/c13-8-1-9(14)12(7(4-18)11(8)15)20-10(5-19)6(2-16)3-17/h1,20H. The highest BCUT2D eigenvalue weighted by atomic mass is 79.9. The molecule has 0 bridgehead atoms. The van der Waals surface area contributed by atoms with Crippen molar-refractivity contribution in [2.24, 2.45) is 0 Å². The van der Waals surface area contributed by atoms with E-state index < -0.39 is 22.7 Å². The van der Waals surface area contributed by atoms with Gasteiger partial charge < -0.3 is 5.32 Å². The largest absolute Gasteiger partial charge is 0.343 e. The van der Waals surface area contributed by atoms with Crippen LogP contribution in [0.3, 0.4) is 0 Å². The predicted octanol–water partition coefficient (Wildman–Crippen LogP) is 3.35. The number of allylic oxidation sites excluding steroid dienone is 2. The molecule has 0 amide bonds. The number of hydrogen-bond acceptors (Lipinski definition) is 5. The summed E-state index contributed by atoms with van der Waals surface area (Å²) >= 11 is 8.76. The molecule has 0 fully saturated rings. The quantitative estimate of drug-likeness (QED) is 0.650. The molecule has 0 aliphatic heterocycles. The first kappa shape index (κ1) is 15.5. The van der Waals surface area contributed by atoms with Crippen LogP contribution in [0.1, 0.15) is 5.56 Å². The summed E-state index contributed by atoms with van der Waals surface area (Å²) < 4.78 is 13.7. The Morgan fingerprint density at radius 1 is 1.20 bits per heavy atom. The van der Waals surface area contributed by atoms with E-state index in [1.165, 1.54) is 18.2 Å². The third-order valence-electron chi connectivity index (χ3n) is 2.12. The van der Waals surface area contributed by atoms with Crippen molar-refractivity contribution in [3.63, 3.8) is 0 Å². The summed E-state index contributed by atoms with van der Waals surface area (Å²) in [7, 11) is 0. The Kier molecular flexibility index (Phi) is 5.07. The lowest BCUT2D eigenvalue weighted by atomic mass is 10.1. The van der Waals surface area contributed by atoms with Crippen LogP contribution in [0.4, 0.5) is 10.1 Å². The van der Waals surface area contributed by atoms with E-state index in [1.54, 1.807) is 12.1 Å². The summed E-state index contributed by atoms with van der Waals surface area (Å²) in [6.07, 6.45) is 0. The highest BCUT2D eigenvalue weighted by Crippen LogP contribution is 2.34. The zero-order valence-corrected chi connectivity index (χ0v) is 11.8. The fourth-order valence-electron chi connectivity index (χ4n) is 1.23. The van der Waals surface area contributed by atoms with Crippen LogP contribution >= 0.6 is 27.5 Å². The number of nitrogens with one attached hydrogen (secondary N) is 1. The summed E-state index contributed by atoms with van der Waals surface area (Å²) in [6.45, 7) is 0. The Hall–Kier alpha value is -2.58. The Morgan fingerprint density at radius 2 is 1.80 bits per heavy atom. The Bertz CT molecular complexity index is 757. The van der Waals surface area contributed by atoms with E-state index in [2.05, 4.69) is 21.2 Å². The number of nitriles is 4. The number of hydrogen-bond donors (Lipinski definition) is 1. The van der Waals surface area contributed by atoms with E-state index in [9.17, 15) is 4.39 Å². The molecule has 1 aromatic carbocycles. The van der Waals surface area contributed by atoms with Gasteiger partial charge in [-0.05, 0) is 22.0 Å². The van der Waals surface area contributed by atoms with Crippen molar-refractivity contribution in [2.75, 3.05) is 5.32 Å². The van der Waals surface area contributed by atoms with E-state index in [4.69, 9.17) is 32.6 Å². The molecule has 96 valence electrons. The molecule has 0 aliphatic carbocycles. The summed E-state index contributed by atoms with van der Waals surface area (Å²) in [4.78, 5) is 0. The lowest BCUT2D eigenvalue weighted by Gasteiger charge is -2.10. The maximum absolute atomic E-state index is 13.8. The van der Waals surface area contributed by atoms with Crippen LogP contribution in [0.25, 0.3) is 0 Å². The first-order valence-corrected chi connectivity index (χ1v) is 5.96. The van der Waals surface area contributed by atoms with Gasteiger partial charge in [0.15, 0.2) is 11.4 Å². The minimum Gasteiger partial charge on any atom is -0.343 e. The van der Waals surface area contributed by atoms with Crippen LogP contribution in [0.5, 0.6) is 0 Å². The molecule has 1 rings (SSSR count). The average molecular weight is 351 g/mol. The van der Waals surface area contributed by atoms with E-state index >= 15 is 0 Å². The minimum absolute atomic E-state index is 0.0205. The van der Waals surface area contributed by atoms with Gasteiger partial charge in [-0.3, -0.25) is 0 Å². The summed E-state index contributed by atoms with van der Waals surface area (Å²) in [5.41, 5.74) is -1.55. The van der Waals surface area contributed by atoms with Gasteiger partial charge in [0.2, 0.25) is 0 Å². The molecule has 5 nitrogen and oxygen atoms in total. The second kappa shape index (κ2) is 6.55. The van der Waals surface area contributed by atoms with Crippen molar-refractivity contribution in [2.45, 2.75) is 0 Å². The van der Waals surface area contributed by atoms with Gasteiger partial charge in [-0.25, -0.2) is 4.39 Å². The third kappa shape index (κ3) is 2.87. The molecular weight excluding hydrogens is 349 g/mol. The van der Waals surface area contributed by atoms with Crippen LogP contribution < -0.4 is 5.32 Å². The topological polar surface area (TPSA) is 107 Å². The summed E-state index contributed by atoms with van der Waals surface area (Å²) in [6, 6.07) is 7.40. The predicted molar refractivity (Wildman–Crippen MR) is 71.3 cm³/mol. The maximum atomic E-state index is 13.8. The molecule has 0 aromatic heterocycles. The van der Waals surface area contributed by atoms with Crippen LogP contribution in [0, 0.1) is 51.1 Å². The summed E-state index contributed by atoms with van der Waals surface area (Å²) in [5.74, 6) is -0.868. The zero-order valence-electron chi connectivity index (χ0n) is 9.50. The maximum Gasteiger partial charge on any atom is 0.163 e. The smallest absolute Gasteiger partial charge is 0.163 e. The van der Waals surface area contributed by atoms with Crippen molar-refractivity contribution in [1.82, 2.24) is 0 Å². The molecule has 0 radical (unpaired) electrons. The zero-order chi connectivity index (χ0) is 15.3. The second-order valence-corrected chi connectivity index (χ2v) is 4.49. The van der Waals surface area contributed by atoms with Crippen LogP contribution in [0.15, 0.2) is 21.8 Å². The van der Waals surface area contributed by atoms with Gasteiger partial charge in [-0.15, -0.1) is 0 Å². The van der Waals surface area contributed by atoms with Gasteiger partial charge in [-0.1, -0.05) is 11.6 Å². The van der Waals surface area contributed by atoms with Gasteiger partial charge in [0, 0.05) is 0 Å². The third-order valence-corrected chi connectivity index (χ3v) is 2.99. The first-order chi connectivity index (χ1) is 9.49. The molecule has 0 atom stereocenters. The van der Waals surface area contributed by atoms with E-state index in [0.29, 0.717) is 0 Å². The number of halogens is 3. The fourth-order valence-corrected chi connectivity index (χ4v) is 2.04. The number of rotatable bonds is 2. The van der Waals surface area contributed by atoms with Crippen LogP contribution in [-0.2, 0) is 0 Å². The van der Waals surface area contributed by atoms with E-state index in [1.807, 2.05) is 0 Å². The minimum atomic E-state index is -0.868. The first-order valence-electron chi connectivity index (χ1n) is 4.79. The number of benzene rings is 1. The molecule has 1 aromatic rings. The fraction of sp³-hybridized carbons (Fsp3) is 0. The van der Waals surface area contributed by atoms with Crippen molar-refractivity contribution < 1.29 is 4.39 Å². The van der Waals surface area contributed by atoms with Crippen molar-refractivity contribution in [3.8, 4) is 24.3 Å². The summed E-state index contributed by atoms with van der Waals surface area (Å²) in [5, 5.41) is 37.5. The molecule has 0 saturated heterocycles. The molecule has 1 N–H and O–H groups in total. The molecule has 0 heterocycles. The molecule has 0 spiro atoms. The SMILES string of the molecule is N#CC(C#N)=C(C#N)Nc1c(Cl)cc(Br)c(F)c1C#N. The van der Waals surface area contributed by atoms with Crippen LogP contribution in [-0.4, -0.2) is 0 Å². The second-order valence-electron chi connectivity index (χ2n) is 3.23. The lowest BCUT2D eigenvalue weighted by Crippen LogP contribution is -2.05. The average Bonchev–Trinajstić information content (AvgIpc) is 2.44. The van der Waals surface area contributed by atoms with Crippen LogP contribution in [0.2, 0.25) is 5.02 Å². The number of nitrogens with zero attached hydrogens (tertiary/aromatic N) is 4. The molecule has 0 aliphatic rings. The van der Waals surface area contributed by atoms with Crippen molar-refractivity contribution in [3.05, 3.63) is 38.2 Å². The molecule has 8 heteroatoms. The molecule has 0 unspecified atom stereocenters. The molecule has 0 saturated carbocycles. The molecule has 20 heavy (non-hydrogen) atoms. The Morgan fingerprint density at radius 3 is 2.25 bits per heavy atom. The van der Waals surface area contributed by atoms with Gasteiger partial charge in [0.05, 0.1) is 15.2 Å². The van der Waals surface area contributed by atoms with Crippen molar-refractivity contribution >= 4 is 33.2 Å². The highest BCUT2D eigenvalue weighted by molar-refractivity contribution is 9.10. The normalized spacial score (nSPS) is 8.55. The lowest BCUT2D eigenvalue weighted by molar-refractivity contribution is 0.618. The van der Waals surface area contributed by atoms with Gasteiger partial charge in [0.1, 0.15) is 35.5 Å². The molecular formula is C12H2BrClFN5.